The van der Waals surface area contributed by atoms with Crippen LogP contribution in [-0.4, -0.2) is 18.3 Å². The fourth-order valence-corrected chi connectivity index (χ4v) is 5.76. The molecule has 1 aliphatic rings. The first-order chi connectivity index (χ1) is 12.6. The molecule has 1 aromatic heterocycles. The number of aromatic nitrogens is 1. The van der Waals surface area contributed by atoms with Gasteiger partial charge in [-0.1, -0.05) is 41.4 Å². The maximum absolute atomic E-state index is 6.45. The van der Waals surface area contributed by atoms with Crippen LogP contribution in [0.1, 0.15) is 23.4 Å². The smallest absolute Gasteiger partial charge is 0.123 e. The third kappa shape index (κ3) is 3.03. The lowest BCUT2D eigenvalue weighted by atomic mass is 9.95. The molecule has 134 valence electrons. The van der Waals surface area contributed by atoms with E-state index < -0.39 is 0 Å². The van der Waals surface area contributed by atoms with E-state index >= 15 is 0 Å². The van der Waals surface area contributed by atoms with Crippen molar-refractivity contribution in [1.29, 1.82) is 0 Å². The lowest BCUT2D eigenvalue weighted by Crippen LogP contribution is -2.10. The van der Waals surface area contributed by atoms with E-state index in [2.05, 4.69) is 18.4 Å². The van der Waals surface area contributed by atoms with Gasteiger partial charge in [-0.2, -0.15) is 0 Å². The van der Waals surface area contributed by atoms with Crippen LogP contribution in [-0.2, 0) is 5.41 Å². The van der Waals surface area contributed by atoms with Crippen molar-refractivity contribution >= 4 is 46.3 Å². The highest BCUT2D eigenvalue weighted by molar-refractivity contribution is 8.00. The Morgan fingerprint density at radius 1 is 1.15 bits per heavy atom. The number of nitrogens with zero attached hydrogens (tertiary/aromatic N) is 1. The van der Waals surface area contributed by atoms with E-state index in [1.165, 1.54) is 9.77 Å². The van der Waals surface area contributed by atoms with E-state index in [1.54, 1.807) is 36.3 Å². The second-order valence-electron chi connectivity index (χ2n) is 6.27. The van der Waals surface area contributed by atoms with Crippen LogP contribution in [0.5, 0.6) is 5.75 Å². The van der Waals surface area contributed by atoms with Crippen molar-refractivity contribution in [2.75, 3.05) is 13.4 Å². The molecule has 0 unspecified atom stereocenters. The van der Waals surface area contributed by atoms with E-state index in [4.69, 9.17) is 32.9 Å². The SMILES string of the molecule is COc1ccccc1C1(c2nc(-c3ccc(Cl)cc3Cl)c(SC)s2)CC1. The van der Waals surface area contributed by atoms with Gasteiger partial charge in [0, 0.05) is 16.1 Å². The number of methoxy groups -OCH3 is 1. The van der Waals surface area contributed by atoms with Gasteiger partial charge in [-0.15, -0.1) is 23.1 Å². The normalized spacial score (nSPS) is 15.1. The molecular formula is C20H17Cl2NOS2. The first kappa shape index (κ1) is 18.2. The molecule has 3 aromatic rings. The number of thiazole rings is 1. The Balaban J connectivity index is 1.83. The zero-order valence-electron chi connectivity index (χ0n) is 14.4. The average Bonchev–Trinajstić information content (AvgIpc) is 3.35. The topological polar surface area (TPSA) is 22.1 Å². The molecule has 26 heavy (non-hydrogen) atoms. The lowest BCUT2D eigenvalue weighted by Gasteiger charge is -2.16. The molecule has 0 aliphatic heterocycles. The molecule has 2 aromatic carbocycles. The number of rotatable bonds is 5. The number of thioether (sulfide) groups is 1. The maximum atomic E-state index is 6.45. The van der Waals surface area contributed by atoms with Gasteiger partial charge in [0.2, 0.25) is 0 Å². The Bertz CT molecular complexity index is 966. The van der Waals surface area contributed by atoms with Gasteiger partial charge in [-0.05, 0) is 43.4 Å². The Kier molecular flexibility index (Phi) is 4.95. The highest BCUT2D eigenvalue weighted by Crippen LogP contribution is 2.58. The molecule has 0 atom stereocenters. The van der Waals surface area contributed by atoms with Crippen molar-refractivity contribution < 1.29 is 4.74 Å². The Morgan fingerprint density at radius 3 is 2.58 bits per heavy atom. The summed E-state index contributed by atoms with van der Waals surface area (Å²) in [4.78, 5) is 5.04. The number of hydrogen-bond acceptors (Lipinski definition) is 4. The molecule has 1 fully saturated rings. The van der Waals surface area contributed by atoms with E-state index in [0.29, 0.717) is 10.0 Å². The van der Waals surface area contributed by atoms with Crippen LogP contribution in [0.4, 0.5) is 0 Å². The van der Waals surface area contributed by atoms with E-state index in [-0.39, 0.29) is 5.41 Å². The minimum absolute atomic E-state index is 0.0428. The molecule has 0 saturated heterocycles. The summed E-state index contributed by atoms with van der Waals surface area (Å²) in [6.07, 6.45) is 4.25. The van der Waals surface area contributed by atoms with Gasteiger partial charge in [-0.3, -0.25) is 0 Å². The minimum atomic E-state index is -0.0428. The third-order valence-corrected chi connectivity index (χ3v) is 7.67. The van der Waals surface area contributed by atoms with Gasteiger partial charge >= 0.3 is 0 Å². The van der Waals surface area contributed by atoms with Crippen molar-refractivity contribution in [2.45, 2.75) is 22.5 Å². The van der Waals surface area contributed by atoms with Crippen LogP contribution in [0.15, 0.2) is 46.7 Å². The molecule has 1 heterocycles. The molecule has 1 saturated carbocycles. The maximum Gasteiger partial charge on any atom is 0.123 e. The van der Waals surface area contributed by atoms with Gasteiger partial charge in [0.05, 0.1) is 27.5 Å². The summed E-state index contributed by atoms with van der Waals surface area (Å²) >= 11 is 16.0. The second-order valence-corrected chi connectivity index (χ2v) is 9.18. The van der Waals surface area contributed by atoms with E-state index in [9.17, 15) is 0 Å². The Morgan fingerprint density at radius 2 is 1.92 bits per heavy atom. The molecule has 1 aliphatic carbocycles. The first-order valence-electron chi connectivity index (χ1n) is 8.23. The van der Waals surface area contributed by atoms with Crippen LogP contribution >= 0.6 is 46.3 Å². The molecule has 0 N–H and O–H groups in total. The number of para-hydroxylation sites is 1. The average molecular weight is 422 g/mol. The fourth-order valence-electron chi connectivity index (χ4n) is 3.26. The summed E-state index contributed by atoms with van der Waals surface area (Å²) in [6, 6.07) is 13.8. The molecule has 6 heteroatoms. The molecule has 0 amide bonds. The predicted molar refractivity (Wildman–Crippen MR) is 112 cm³/mol. The van der Waals surface area contributed by atoms with Gasteiger partial charge in [0.15, 0.2) is 0 Å². The van der Waals surface area contributed by atoms with Crippen molar-refractivity contribution in [3.8, 4) is 17.0 Å². The molecule has 4 rings (SSSR count). The highest BCUT2D eigenvalue weighted by atomic mass is 35.5. The lowest BCUT2D eigenvalue weighted by molar-refractivity contribution is 0.406. The number of benzene rings is 2. The van der Waals surface area contributed by atoms with Crippen molar-refractivity contribution in [1.82, 2.24) is 4.98 Å². The molecule has 0 radical (unpaired) electrons. The quantitative estimate of drug-likeness (QED) is 0.417. The number of hydrogen-bond donors (Lipinski definition) is 0. The summed E-state index contributed by atoms with van der Waals surface area (Å²) < 4.78 is 6.78. The third-order valence-electron chi connectivity index (χ3n) is 4.75. The van der Waals surface area contributed by atoms with Gasteiger partial charge < -0.3 is 4.74 Å². The van der Waals surface area contributed by atoms with Crippen molar-refractivity contribution in [3.05, 3.63) is 63.1 Å². The second kappa shape index (κ2) is 7.08. The van der Waals surface area contributed by atoms with Crippen LogP contribution < -0.4 is 4.74 Å². The highest BCUT2D eigenvalue weighted by Gasteiger charge is 2.50. The predicted octanol–water partition coefficient (Wildman–Crippen LogP) is 6.93. The fraction of sp³-hybridized carbons (Fsp3) is 0.250. The first-order valence-corrected chi connectivity index (χ1v) is 11.0. The molecule has 0 spiro atoms. The monoisotopic (exact) mass is 421 g/mol. The minimum Gasteiger partial charge on any atom is -0.496 e. The zero-order valence-corrected chi connectivity index (χ0v) is 17.5. The molecule has 2 nitrogen and oxygen atoms in total. The zero-order chi connectivity index (χ0) is 18.3. The molecular weight excluding hydrogens is 405 g/mol. The largest absolute Gasteiger partial charge is 0.496 e. The summed E-state index contributed by atoms with van der Waals surface area (Å²) in [7, 11) is 1.73. The van der Waals surface area contributed by atoms with Crippen LogP contribution in [0.2, 0.25) is 10.0 Å². The Labute approximate surface area is 171 Å². The number of halogens is 2. The Hall–Kier alpha value is -1.20. The van der Waals surface area contributed by atoms with E-state index in [0.717, 1.165) is 34.9 Å². The summed E-state index contributed by atoms with van der Waals surface area (Å²) in [5.74, 6) is 0.928. The summed E-state index contributed by atoms with van der Waals surface area (Å²) in [5.41, 5.74) is 3.05. The van der Waals surface area contributed by atoms with E-state index in [1.807, 2.05) is 24.3 Å². The standard InChI is InChI=1S/C20H17Cl2NOS2/c1-24-16-6-4-3-5-14(16)20(9-10-20)19-23-17(18(25-2)26-19)13-8-7-12(21)11-15(13)22/h3-8,11H,9-10H2,1-2H3. The number of ether oxygens (including phenoxy) is 1. The molecule has 0 bridgehead atoms. The van der Waals surface area contributed by atoms with Crippen LogP contribution in [0.25, 0.3) is 11.3 Å². The van der Waals surface area contributed by atoms with Gasteiger partial charge in [-0.25, -0.2) is 4.98 Å². The van der Waals surface area contributed by atoms with Crippen molar-refractivity contribution in [3.63, 3.8) is 0 Å². The summed E-state index contributed by atoms with van der Waals surface area (Å²) in [6.45, 7) is 0. The van der Waals surface area contributed by atoms with Crippen LogP contribution in [0.3, 0.4) is 0 Å². The van der Waals surface area contributed by atoms with Crippen molar-refractivity contribution in [2.24, 2.45) is 0 Å². The van der Waals surface area contributed by atoms with Gasteiger partial charge in [0.1, 0.15) is 10.8 Å². The van der Waals surface area contributed by atoms with Crippen LogP contribution in [0, 0.1) is 0 Å². The van der Waals surface area contributed by atoms with Gasteiger partial charge in [0.25, 0.3) is 0 Å². The summed E-state index contributed by atoms with van der Waals surface area (Å²) in [5, 5.41) is 2.40.